The molecule has 1 radical (unpaired) electrons. The number of aliphatic hydroxyl groups is 1. The SMILES string of the molecule is NC(=O)COc1cccc(CC(CC(O)[CH]Cc2ccccc2)C(N)=O)c1O. The van der Waals surface area contributed by atoms with E-state index >= 15 is 0 Å². The zero-order chi connectivity index (χ0) is 20.5. The van der Waals surface area contributed by atoms with Gasteiger partial charge in [0.05, 0.1) is 6.10 Å². The Hall–Kier alpha value is -3.06. The Morgan fingerprint density at radius 1 is 1.07 bits per heavy atom. The zero-order valence-electron chi connectivity index (χ0n) is 15.5. The van der Waals surface area contributed by atoms with E-state index in [9.17, 15) is 19.8 Å². The molecule has 2 rings (SSSR count). The average Bonchev–Trinajstić information content (AvgIpc) is 2.67. The van der Waals surface area contributed by atoms with Gasteiger partial charge < -0.3 is 26.4 Å². The summed E-state index contributed by atoms with van der Waals surface area (Å²) in [6.45, 7) is -0.372. The number of phenols is 1. The van der Waals surface area contributed by atoms with Gasteiger partial charge in [0.15, 0.2) is 18.1 Å². The number of hydrogen-bond acceptors (Lipinski definition) is 5. The molecule has 0 saturated carbocycles. The van der Waals surface area contributed by atoms with E-state index in [4.69, 9.17) is 16.2 Å². The average molecular weight is 385 g/mol. The monoisotopic (exact) mass is 385 g/mol. The standard InChI is InChI=1S/C21H25N2O5/c22-19(25)13-28-18-8-4-7-15(20(18)26)11-16(21(23)27)12-17(24)10-9-14-5-2-1-3-6-14/h1-8,10,16-17,24,26H,9,11-13H2,(H2,22,25)(H2,23,27). The summed E-state index contributed by atoms with van der Waals surface area (Å²) < 4.78 is 5.15. The fraction of sp³-hybridized carbons (Fsp3) is 0.286. The first-order valence-corrected chi connectivity index (χ1v) is 8.93. The second kappa shape index (κ2) is 10.3. The van der Waals surface area contributed by atoms with Crippen molar-refractivity contribution in [1.82, 2.24) is 0 Å². The topological polar surface area (TPSA) is 136 Å². The quantitative estimate of drug-likeness (QED) is 0.459. The van der Waals surface area contributed by atoms with Crippen LogP contribution in [0.4, 0.5) is 0 Å². The minimum atomic E-state index is -0.825. The van der Waals surface area contributed by atoms with Gasteiger partial charge in [-0.2, -0.15) is 0 Å². The van der Waals surface area contributed by atoms with Gasteiger partial charge in [-0.05, 0) is 42.9 Å². The fourth-order valence-electron chi connectivity index (χ4n) is 2.84. The van der Waals surface area contributed by atoms with Gasteiger partial charge in [-0.25, -0.2) is 0 Å². The lowest BCUT2D eigenvalue weighted by molar-refractivity contribution is -0.122. The Labute approximate surface area is 163 Å². The highest BCUT2D eigenvalue weighted by Gasteiger charge is 2.22. The zero-order valence-corrected chi connectivity index (χ0v) is 15.5. The molecule has 0 fully saturated rings. The van der Waals surface area contributed by atoms with Crippen LogP contribution in [0, 0.1) is 12.3 Å². The number of hydrogen-bond donors (Lipinski definition) is 4. The lowest BCUT2D eigenvalue weighted by Gasteiger charge is -2.19. The van der Waals surface area contributed by atoms with Crippen molar-refractivity contribution in [2.45, 2.75) is 25.4 Å². The van der Waals surface area contributed by atoms with E-state index in [1.165, 1.54) is 6.07 Å². The van der Waals surface area contributed by atoms with Crippen LogP contribution in [0.2, 0.25) is 0 Å². The van der Waals surface area contributed by atoms with E-state index in [2.05, 4.69) is 0 Å². The summed E-state index contributed by atoms with van der Waals surface area (Å²) in [5, 5.41) is 20.6. The molecule has 149 valence electrons. The number of aromatic hydroxyl groups is 1. The van der Waals surface area contributed by atoms with Crippen molar-refractivity contribution in [2.75, 3.05) is 6.61 Å². The van der Waals surface area contributed by atoms with Crippen molar-refractivity contribution in [3.8, 4) is 11.5 Å². The van der Waals surface area contributed by atoms with Crippen molar-refractivity contribution in [2.24, 2.45) is 17.4 Å². The highest BCUT2D eigenvalue weighted by Crippen LogP contribution is 2.32. The van der Waals surface area contributed by atoms with Gasteiger partial charge in [-0.3, -0.25) is 9.59 Å². The van der Waals surface area contributed by atoms with E-state index in [0.29, 0.717) is 12.0 Å². The molecule has 2 unspecified atom stereocenters. The molecule has 0 aliphatic rings. The molecule has 2 atom stereocenters. The third-order valence-corrected chi connectivity index (χ3v) is 4.32. The molecule has 2 amide bonds. The minimum absolute atomic E-state index is 0.0932. The van der Waals surface area contributed by atoms with Gasteiger partial charge >= 0.3 is 0 Å². The highest BCUT2D eigenvalue weighted by atomic mass is 16.5. The molecule has 2 aromatic carbocycles. The Morgan fingerprint density at radius 3 is 2.43 bits per heavy atom. The number of nitrogens with two attached hydrogens (primary N) is 2. The first kappa shape index (κ1) is 21.2. The second-order valence-corrected chi connectivity index (χ2v) is 6.55. The molecule has 0 saturated heterocycles. The van der Waals surface area contributed by atoms with Crippen molar-refractivity contribution in [3.63, 3.8) is 0 Å². The van der Waals surface area contributed by atoms with Gasteiger partial charge in [0.2, 0.25) is 5.91 Å². The van der Waals surface area contributed by atoms with Gasteiger partial charge in [0.25, 0.3) is 5.91 Å². The molecule has 2 aromatic rings. The Bertz CT molecular complexity index is 795. The van der Waals surface area contributed by atoms with Gasteiger partial charge in [0.1, 0.15) is 0 Å². The first-order chi connectivity index (χ1) is 13.4. The number of carbonyl (C=O) groups is 2. The fourth-order valence-corrected chi connectivity index (χ4v) is 2.84. The maximum absolute atomic E-state index is 11.8. The Morgan fingerprint density at radius 2 is 1.79 bits per heavy atom. The maximum Gasteiger partial charge on any atom is 0.255 e. The number of amides is 2. The van der Waals surface area contributed by atoms with Crippen LogP contribution >= 0.6 is 0 Å². The van der Waals surface area contributed by atoms with Crippen molar-refractivity contribution < 1.29 is 24.5 Å². The van der Waals surface area contributed by atoms with E-state index in [-0.39, 0.29) is 30.9 Å². The van der Waals surface area contributed by atoms with Crippen molar-refractivity contribution in [1.29, 1.82) is 0 Å². The highest BCUT2D eigenvalue weighted by molar-refractivity contribution is 5.77. The van der Waals surface area contributed by atoms with Crippen LogP contribution in [0.25, 0.3) is 0 Å². The summed E-state index contributed by atoms with van der Waals surface area (Å²) in [5.74, 6) is -2.01. The van der Waals surface area contributed by atoms with E-state index in [1.54, 1.807) is 18.6 Å². The summed E-state index contributed by atoms with van der Waals surface area (Å²) in [6, 6.07) is 14.4. The predicted octanol–water partition coefficient (Wildman–Crippen LogP) is 1.10. The third kappa shape index (κ3) is 6.59. The molecular weight excluding hydrogens is 360 g/mol. The molecule has 0 spiro atoms. The Kier molecular flexibility index (Phi) is 7.83. The van der Waals surface area contributed by atoms with E-state index in [0.717, 1.165) is 5.56 Å². The van der Waals surface area contributed by atoms with Crippen LogP contribution < -0.4 is 16.2 Å². The molecule has 0 aliphatic heterocycles. The second-order valence-electron chi connectivity index (χ2n) is 6.55. The van der Waals surface area contributed by atoms with Gasteiger partial charge in [-0.15, -0.1) is 0 Å². The lowest BCUT2D eigenvalue weighted by atomic mass is 9.90. The summed E-state index contributed by atoms with van der Waals surface area (Å²) in [5.41, 5.74) is 12.0. The van der Waals surface area contributed by atoms with Crippen molar-refractivity contribution in [3.05, 3.63) is 66.1 Å². The molecule has 0 aromatic heterocycles. The minimum Gasteiger partial charge on any atom is -0.504 e. The number of rotatable bonds is 11. The van der Waals surface area contributed by atoms with Gasteiger partial charge in [-0.1, -0.05) is 42.5 Å². The molecule has 0 bridgehead atoms. The van der Waals surface area contributed by atoms with Gasteiger partial charge in [0, 0.05) is 5.92 Å². The predicted molar refractivity (Wildman–Crippen MR) is 104 cm³/mol. The Balaban J connectivity index is 1.99. The molecule has 7 heteroatoms. The summed E-state index contributed by atoms with van der Waals surface area (Å²) in [7, 11) is 0. The molecule has 0 aliphatic carbocycles. The molecule has 28 heavy (non-hydrogen) atoms. The number of carbonyl (C=O) groups excluding carboxylic acids is 2. The number of primary amides is 2. The first-order valence-electron chi connectivity index (χ1n) is 8.93. The normalized spacial score (nSPS) is 12.9. The number of aliphatic hydroxyl groups excluding tert-OH is 1. The van der Waals surface area contributed by atoms with Crippen molar-refractivity contribution >= 4 is 11.8 Å². The van der Waals surface area contributed by atoms with Crippen LogP contribution in [0.3, 0.4) is 0 Å². The maximum atomic E-state index is 11.8. The largest absolute Gasteiger partial charge is 0.504 e. The molecule has 0 heterocycles. The summed E-state index contributed by atoms with van der Waals surface area (Å²) in [4.78, 5) is 22.7. The van der Waals surface area contributed by atoms with E-state index < -0.39 is 23.8 Å². The number of ether oxygens (including phenoxy) is 1. The molecule has 6 N–H and O–H groups in total. The van der Waals surface area contributed by atoms with E-state index in [1.807, 2.05) is 30.3 Å². The van der Waals surface area contributed by atoms with Crippen LogP contribution in [0.1, 0.15) is 17.5 Å². The smallest absolute Gasteiger partial charge is 0.255 e. The van der Waals surface area contributed by atoms with Crippen LogP contribution in [-0.2, 0) is 22.4 Å². The summed E-state index contributed by atoms with van der Waals surface area (Å²) in [6.07, 6.45) is 1.72. The lowest BCUT2D eigenvalue weighted by Crippen LogP contribution is -2.29. The molecular formula is C21H25N2O5. The summed E-state index contributed by atoms with van der Waals surface area (Å²) >= 11 is 0. The van der Waals surface area contributed by atoms with Crippen LogP contribution in [0.15, 0.2) is 48.5 Å². The number of para-hydroxylation sites is 1. The number of phenolic OH excluding ortho intramolecular Hbond substituents is 1. The van der Waals surface area contributed by atoms with Crippen LogP contribution in [-0.4, -0.2) is 34.7 Å². The third-order valence-electron chi connectivity index (χ3n) is 4.32. The van der Waals surface area contributed by atoms with Crippen LogP contribution in [0.5, 0.6) is 11.5 Å². The number of benzene rings is 2. The molecule has 7 nitrogen and oxygen atoms in total.